The fourth-order valence-electron chi connectivity index (χ4n) is 2.07. The van der Waals surface area contributed by atoms with E-state index >= 15 is 0 Å². The Labute approximate surface area is 124 Å². The Hall–Kier alpha value is -2.96. The summed E-state index contributed by atoms with van der Waals surface area (Å²) in [5.41, 5.74) is 1.31. The van der Waals surface area contributed by atoms with Gasteiger partial charge >= 0.3 is 0 Å². The predicted molar refractivity (Wildman–Crippen MR) is 75.3 cm³/mol. The molecule has 5 nitrogen and oxygen atoms in total. The summed E-state index contributed by atoms with van der Waals surface area (Å²) < 4.78 is 31.3. The lowest BCUT2D eigenvalue weighted by Gasteiger charge is -2.06. The van der Waals surface area contributed by atoms with E-state index in [1.54, 1.807) is 19.1 Å². The van der Waals surface area contributed by atoms with Crippen LogP contribution in [0.4, 0.5) is 14.5 Å². The van der Waals surface area contributed by atoms with Gasteiger partial charge in [-0.1, -0.05) is 0 Å². The first kappa shape index (κ1) is 14.0. The lowest BCUT2D eigenvalue weighted by Crippen LogP contribution is -2.13. The number of aryl methyl sites for hydroxylation is 1. The second-order valence-corrected chi connectivity index (χ2v) is 4.63. The number of nitrogens with zero attached hydrogens (tertiary/aromatic N) is 1. The zero-order valence-electron chi connectivity index (χ0n) is 11.5. The number of anilines is 1. The Morgan fingerprint density at radius 3 is 2.77 bits per heavy atom. The predicted octanol–water partition coefficient (Wildman–Crippen LogP) is 3.51. The zero-order chi connectivity index (χ0) is 15.7. The average Bonchev–Trinajstić information content (AvgIpc) is 3.11. The molecule has 3 rings (SSSR count). The van der Waals surface area contributed by atoms with Crippen molar-refractivity contribution < 1.29 is 18.0 Å². The molecule has 0 aliphatic rings. The van der Waals surface area contributed by atoms with E-state index < -0.39 is 17.5 Å². The molecule has 22 heavy (non-hydrogen) atoms. The minimum absolute atomic E-state index is 0.148. The lowest BCUT2D eigenvalue weighted by atomic mass is 10.1. The van der Waals surface area contributed by atoms with Gasteiger partial charge in [-0.05, 0) is 31.2 Å². The van der Waals surface area contributed by atoms with Crippen LogP contribution in [-0.4, -0.2) is 16.1 Å². The normalized spacial score (nSPS) is 10.7. The Kier molecular flexibility index (Phi) is 3.46. The van der Waals surface area contributed by atoms with E-state index in [2.05, 4.69) is 15.5 Å². The van der Waals surface area contributed by atoms with E-state index in [0.29, 0.717) is 17.1 Å². The van der Waals surface area contributed by atoms with Crippen LogP contribution in [0.5, 0.6) is 0 Å². The number of carbonyl (C=O) groups is 1. The van der Waals surface area contributed by atoms with Gasteiger partial charge in [0.2, 0.25) is 0 Å². The highest BCUT2D eigenvalue weighted by atomic mass is 19.2. The van der Waals surface area contributed by atoms with Gasteiger partial charge in [-0.25, -0.2) is 8.78 Å². The number of furan rings is 1. The molecule has 0 spiro atoms. The molecule has 0 unspecified atom stereocenters. The molecular weight excluding hydrogens is 292 g/mol. The molecule has 7 heteroatoms. The molecule has 0 aliphatic heterocycles. The molecule has 2 heterocycles. The molecule has 2 aromatic heterocycles. The number of halogens is 2. The van der Waals surface area contributed by atoms with Gasteiger partial charge in [-0.15, -0.1) is 0 Å². The summed E-state index contributed by atoms with van der Waals surface area (Å²) in [4.78, 5) is 12.4. The molecule has 0 saturated carbocycles. The van der Waals surface area contributed by atoms with E-state index in [1.807, 2.05) is 0 Å². The number of aromatic nitrogens is 2. The van der Waals surface area contributed by atoms with Crippen LogP contribution in [0.3, 0.4) is 0 Å². The van der Waals surface area contributed by atoms with Crippen molar-refractivity contribution in [3.8, 4) is 11.5 Å². The van der Waals surface area contributed by atoms with Crippen molar-refractivity contribution in [3.05, 3.63) is 59.5 Å². The van der Waals surface area contributed by atoms with Crippen LogP contribution < -0.4 is 5.32 Å². The molecule has 0 atom stereocenters. The Morgan fingerprint density at radius 2 is 2.09 bits per heavy atom. The number of aromatic amines is 1. The Morgan fingerprint density at radius 1 is 1.27 bits per heavy atom. The van der Waals surface area contributed by atoms with Crippen LogP contribution in [0.2, 0.25) is 0 Å². The van der Waals surface area contributed by atoms with Crippen molar-refractivity contribution in [2.75, 3.05) is 5.32 Å². The maximum Gasteiger partial charge on any atom is 0.259 e. The summed E-state index contributed by atoms with van der Waals surface area (Å²) in [6, 6.07) is 6.48. The van der Waals surface area contributed by atoms with Gasteiger partial charge in [0.1, 0.15) is 5.69 Å². The van der Waals surface area contributed by atoms with Gasteiger partial charge in [0.15, 0.2) is 17.4 Å². The van der Waals surface area contributed by atoms with Crippen molar-refractivity contribution in [2.24, 2.45) is 0 Å². The summed E-state index contributed by atoms with van der Waals surface area (Å²) in [5.74, 6) is -2.08. The minimum atomic E-state index is -1.03. The largest absolute Gasteiger partial charge is 0.463 e. The van der Waals surface area contributed by atoms with E-state index in [1.165, 1.54) is 12.3 Å². The summed E-state index contributed by atoms with van der Waals surface area (Å²) in [5, 5.41) is 9.25. The number of H-pyrrole nitrogens is 1. The molecule has 0 aliphatic carbocycles. The topological polar surface area (TPSA) is 70.9 Å². The van der Waals surface area contributed by atoms with Crippen LogP contribution in [-0.2, 0) is 0 Å². The van der Waals surface area contributed by atoms with Gasteiger partial charge in [-0.2, -0.15) is 5.10 Å². The highest BCUT2D eigenvalue weighted by Crippen LogP contribution is 2.25. The van der Waals surface area contributed by atoms with Crippen molar-refractivity contribution in [2.45, 2.75) is 6.92 Å². The molecule has 0 saturated heterocycles. The zero-order valence-corrected chi connectivity index (χ0v) is 11.5. The first-order valence-electron chi connectivity index (χ1n) is 6.41. The van der Waals surface area contributed by atoms with Gasteiger partial charge in [0.25, 0.3) is 5.91 Å². The third kappa shape index (κ3) is 2.48. The maximum absolute atomic E-state index is 13.2. The fourth-order valence-corrected chi connectivity index (χ4v) is 2.07. The SMILES string of the molecule is Cc1[nH]nc(-c2ccco2)c1C(=O)Nc1ccc(F)c(F)c1. The Balaban J connectivity index is 1.92. The number of hydrogen-bond donors (Lipinski definition) is 2. The minimum Gasteiger partial charge on any atom is -0.463 e. The molecule has 0 radical (unpaired) electrons. The number of benzene rings is 1. The van der Waals surface area contributed by atoms with Crippen LogP contribution in [0, 0.1) is 18.6 Å². The monoisotopic (exact) mass is 303 g/mol. The number of hydrogen-bond acceptors (Lipinski definition) is 3. The molecular formula is C15H11F2N3O2. The first-order valence-corrected chi connectivity index (χ1v) is 6.41. The Bertz CT molecular complexity index is 825. The molecule has 0 fully saturated rings. The number of amides is 1. The standard InChI is InChI=1S/C15H11F2N3O2/c1-8-13(14(20-19-8)12-3-2-6-22-12)15(21)18-9-4-5-10(16)11(17)7-9/h2-7H,1H3,(H,18,21)(H,19,20). The summed E-state index contributed by atoms with van der Waals surface area (Å²) >= 11 is 0. The first-order chi connectivity index (χ1) is 10.6. The van der Waals surface area contributed by atoms with Crippen molar-refractivity contribution in [1.29, 1.82) is 0 Å². The van der Waals surface area contributed by atoms with E-state index in [-0.39, 0.29) is 11.3 Å². The molecule has 112 valence electrons. The summed E-state index contributed by atoms with van der Waals surface area (Å²) in [6.45, 7) is 1.68. The number of nitrogens with one attached hydrogen (secondary N) is 2. The third-order valence-electron chi connectivity index (χ3n) is 3.11. The van der Waals surface area contributed by atoms with Crippen LogP contribution in [0.25, 0.3) is 11.5 Å². The van der Waals surface area contributed by atoms with Gasteiger partial charge in [0.05, 0.1) is 11.8 Å². The molecule has 1 aromatic carbocycles. The van der Waals surface area contributed by atoms with Crippen molar-refractivity contribution in [3.63, 3.8) is 0 Å². The molecule has 0 bridgehead atoms. The van der Waals surface area contributed by atoms with Gasteiger partial charge in [-0.3, -0.25) is 9.89 Å². The van der Waals surface area contributed by atoms with Crippen LogP contribution in [0.15, 0.2) is 41.0 Å². The van der Waals surface area contributed by atoms with Crippen molar-refractivity contribution in [1.82, 2.24) is 10.2 Å². The van der Waals surface area contributed by atoms with Gasteiger partial charge < -0.3 is 9.73 Å². The second kappa shape index (κ2) is 5.44. The molecule has 3 aromatic rings. The number of rotatable bonds is 3. The van der Waals surface area contributed by atoms with E-state index in [0.717, 1.165) is 12.1 Å². The highest BCUT2D eigenvalue weighted by molar-refractivity contribution is 6.08. The van der Waals surface area contributed by atoms with Gasteiger partial charge in [0, 0.05) is 17.4 Å². The second-order valence-electron chi connectivity index (χ2n) is 4.63. The lowest BCUT2D eigenvalue weighted by molar-refractivity contribution is 0.102. The third-order valence-corrected chi connectivity index (χ3v) is 3.11. The summed E-state index contributed by atoms with van der Waals surface area (Å²) in [6.07, 6.45) is 1.47. The maximum atomic E-state index is 13.2. The van der Waals surface area contributed by atoms with Crippen LogP contribution in [0.1, 0.15) is 16.1 Å². The molecule has 2 N–H and O–H groups in total. The van der Waals surface area contributed by atoms with Crippen molar-refractivity contribution >= 4 is 11.6 Å². The van der Waals surface area contributed by atoms with Crippen LogP contribution >= 0.6 is 0 Å². The number of carbonyl (C=O) groups excluding carboxylic acids is 1. The average molecular weight is 303 g/mol. The quantitative estimate of drug-likeness (QED) is 0.778. The fraction of sp³-hybridized carbons (Fsp3) is 0.0667. The molecule has 1 amide bonds. The summed E-state index contributed by atoms with van der Waals surface area (Å²) in [7, 11) is 0. The van der Waals surface area contributed by atoms with E-state index in [4.69, 9.17) is 4.42 Å². The highest BCUT2D eigenvalue weighted by Gasteiger charge is 2.21. The van der Waals surface area contributed by atoms with E-state index in [9.17, 15) is 13.6 Å². The smallest absolute Gasteiger partial charge is 0.259 e.